The Morgan fingerprint density at radius 2 is 2.00 bits per heavy atom. The van der Waals surface area contributed by atoms with Crippen molar-refractivity contribution in [3.05, 3.63) is 28.3 Å². The van der Waals surface area contributed by atoms with Crippen LogP contribution in [0.5, 0.6) is 0 Å². The van der Waals surface area contributed by atoms with E-state index in [0.29, 0.717) is 16.8 Å². The van der Waals surface area contributed by atoms with Gasteiger partial charge in [0, 0.05) is 22.5 Å². The first-order valence-corrected chi connectivity index (χ1v) is 8.31. The second kappa shape index (κ2) is 4.72. The van der Waals surface area contributed by atoms with E-state index < -0.39 is 20.7 Å². The lowest BCUT2D eigenvalue weighted by Crippen LogP contribution is -2.38. The lowest BCUT2D eigenvalue weighted by Gasteiger charge is -2.29. The van der Waals surface area contributed by atoms with Gasteiger partial charge >= 0.3 is 0 Å². The molecule has 0 aromatic heterocycles. The predicted molar refractivity (Wildman–Crippen MR) is 77.7 cm³/mol. The summed E-state index contributed by atoms with van der Waals surface area (Å²) in [5.41, 5.74) is 1.63. The molecule has 0 fully saturated rings. The molecule has 0 bridgehead atoms. The number of sulfone groups is 1. The summed E-state index contributed by atoms with van der Waals surface area (Å²) < 4.78 is 22.2. The topological polar surface area (TPSA) is 83.5 Å². The number of hydrogen-bond acceptors (Lipinski definition) is 4. The zero-order chi connectivity index (χ0) is 15.3. The number of anilines is 1. The highest BCUT2D eigenvalue weighted by atomic mass is 35.5. The van der Waals surface area contributed by atoms with E-state index in [1.807, 2.05) is 0 Å². The molecule has 1 aromatic carbocycles. The van der Waals surface area contributed by atoms with Gasteiger partial charge in [-0.05, 0) is 31.5 Å². The molecule has 7 heteroatoms. The predicted octanol–water partition coefficient (Wildman–Crippen LogP) is 1.69. The quantitative estimate of drug-likeness (QED) is 0.888. The molecule has 110 valence electrons. The lowest BCUT2D eigenvalue weighted by atomic mass is 9.96. The highest BCUT2D eigenvalue weighted by Crippen LogP contribution is 2.39. The number of amides is 1. The van der Waals surface area contributed by atoms with Crippen molar-refractivity contribution in [2.24, 2.45) is 0 Å². The molecule has 1 atom stereocenters. The van der Waals surface area contributed by atoms with Crippen molar-refractivity contribution < 1.29 is 18.3 Å². The number of carbonyl (C=O) groups is 1. The van der Waals surface area contributed by atoms with Gasteiger partial charge in [-0.2, -0.15) is 0 Å². The Kier molecular flexibility index (Phi) is 3.60. The van der Waals surface area contributed by atoms with Crippen LogP contribution in [0.1, 0.15) is 31.1 Å². The minimum absolute atomic E-state index is 0.148. The Morgan fingerprint density at radius 1 is 1.40 bits per heavy atom. The van der Waals surface area contributed by atoms with Crippen LogP contribution >= 0.6 is 11.6 Å². The maximum absolute atomic E-state index is 11.8. The number of fused-ring (bicyclic) bond motifs is 1. The smallest absolute Gasteiger partial charge is 0.228 e. The van der Waals surface area contributed by atoms with Crippen molar-refractivity contribution in [3.63, 3.8) is 0 Å². The lowest BCUT2D eigenvalue weighted by molar-refractivity contribution is -0.115. The van der Waals surface area contributed by atoms with Gasteiger partial charge in [0.15, 0.2) is 9.84 Å². The fourth-order valence-electron chi connectivity index (χ4n) is 2.05. The van der Waals surface area contributed by atoms with Gasteiger partial charge in [0.25, 0.3) is 0 Å². The van der Waals surface area contributed by atoms with Crippen LogP contribution in [0.25, 0.3) is 0 Å². The Labute approximate surface area is 122 Å². The fourth-order valence-corrected chi connectivity index (χ4v) is 2.85. The van der Waals surface area contributed by atoms with Crippen LogP contribution in [-0.2, 0) is 21.1 Å². The van der Waals surface area contributed by atoms with Crippen molar-refractivity contribution in [2.45, 2.75) is 31.1 Å². The van der Waals surface area contributed by atoms with Crippen LogP contribution in [0.3, 0.4) is 0 Å². The fraction of sp³-hybridized carbons (Fsp3) is 0.462. The molecule has 0 saturated heterocycles. The number of hydrogen-bond donors (Lipinski definition) is 2. The molecule has 0 aliphatic carbocycles. The molecule has 1 amide bonds. The normalized spacial score (nSPS) is 16.8. The number of carbonyl (C=O) groups excluding carboxylic acids is 1. The second-order valence-corrected chi connectivity index (χ2v) is 8.54. The van der Waals surface area contributed by atoms with Crippen LogP contribution in [0.2, 0.25) is 5.02 Å². The van der Waals surface area contributed by atoms with E-state index in [1.54, 1.807) is 12.1 Å². The van der Waals surface area contributed by atoms with Gasteiger partial charge in [0.2, 0.25) is 5.91 Å². The summed E-state index contributed by atoms with van der Waals surface area (Å²) in [4.78, 5) is 11.3. The molecule has 1 aliphatic heterocycles. The summed E-state index contributed by atoms with van der Waals surface area (Å²) in [6.45, 7) is 2.89. The molecule has 2 N–H and O–H groups in total. The van der Waals surface area contributed by atoms with Crippen molar-refractivity contribution in [1.29, 1.82) is 0 Å². The van der Waals surface area contributed by atoms with E-state index in [4.69, 9.17) is 11.6 Å². The summed E-state index contributed by atoms with van der Waals surface area (Å²) in [6.07, 6.45) is -0.000297. The second-order valence-electron chi connectivity index (χ2n) is 5.53. The largest absolute Gasteiger partial charge is 0.387 e. The molecule has 5 nitrogen and oxygen atoms in total. The Morgan fingerprint density at radius 3 is 2.55 bits per heavy atom. The van der Waals surface area contributed by atoms with Crippen LogP contribution in [-0.4, -0.2) is 30.4 Å². The number of benzene rings is 1. The summed E-state index contributed by atoms with van der Waals surface area (Å²) in [5.74, 6) is -0.148. The number of rotatable bonds is 3. The number of halogens is 1. The Bertz CT molecular complexity index is 682. The van der Waals surface area contributed by atoms with Gasteiger partial charge < -0.3 is 10.4 Å². The summed E-state index contributed by atoms with van der Waals surface area (Å²) in [7, 11) is -3.48. The molecule has 0 spiro atoms. The first kappa shape index (κ1) is 15.3. The maximum Gasteiger partial charge on any atom is 0.228 e. The zero-order valence-corrected chi connectivity index (χ0v) is 13.0. The van der Waals surface area contributed by atoms with E-state index in [0.717, 1.165) is 6.26 Å². The third kappa shape index (κ3) is 2.43. The average Bonchev–Trinajstić information content (AvgIpc) is 2.64. The molecular formula is C13H16ClNO4S. The van der Waals surface area contributed by atoms with E-state index >= 15 is 0 Å². The number of nitrogens with one attached hydrogen (secondary N) is 1. The van der Waals surface area contributed by atoms with Crippen molar-refractivity contribution >= 4 is 33.0 Å². The number of aliphatic hydroxyl groups is 1. The molecular weight excluding hydrogens is 302 g/mol. The van der Waals surface area contributed by atoms with Crippen LogP contribution in [0, 0.1) is 0 Å². The molecule has 1 unspecified atom stereocenters. The van der Waals surface area contributed by atoms with Crippen LogP contribution in [0.15, 0.2) is 12.1 Å². The molecule has 2 rings (SSSR count). The SMILES string of the molecule is CC(C)(C(O)c1cc2c(cc1Cl)NC(=O)C2)S(C)(=O)=O. The van der Waals surface area contributed by atoms with E-state index in [2.05, 4.69) is 5.32 Å². The van der Waals surface area contributed by atoms with Gasteiger partial charge in [0.05, 0.1) is 17.3 Å². The van der Waals surface area contributed by atoms with E-state index in [-0.39, 0.29) is 17.4 Å². The first-order valence-electron chi connectivity index (χ1n) is 6.04. The highest BCUT2D eigenvalue weighted by molar-refractivity contribution is 7.92. The third-order valence-corrected chi connectivity index (χ3v) is 6.22. The van der Waals surface area contributed by atoms with E-state index in [1.165, 1.54) is 13.8 Å². The van der Waals surface area contributed by atoms with Crippen LogP contribution in [0.4, 0.5) is 5.69 Å². The monoisotopic (exact) mass is 317 g/mol. The van der Waals surface area contributed by atoms with Gasteiger partial charge in [-0.1, -0.05) is 11.6 Å². The van der Waals surface area contributed by atoms with Crippen molar-refractivity contribution in [1.82, 2.24) is 0 Å². The molecule has 1 aliphatic rings. The molecule has 0 radical (unpaired) electrons. The highest BCUT2D eigenvalue weighted by Gasteiger charge is 2.40. The van der Waals surface area contributed by atoms with Gasteiger partial charge in [-0.3, -0.25) is 4.79 Å². The maximum atomic E-state index is 11.8. The average molecular weight is 318 g/mol. The van der Waals surface area contributed by atoms with E-state index in [9.17, 15) is 18.3 Å². The summed E-state index contributed by atoms with van der Waals surface area (Å²) in [5, 5.41) is 13.3. The van der Waals surface area contributed by atoms with Crippen LogP contribution < -0.4 is 5.32 Å². The number of aliphatic hydroxyl groups excluding tert-OH is 1. The Balaban J connectivity index is 2.50. The molecule has 0 saturated carbocycles. The first-order chi connectivity index (χ1) is 9.04. The zero-order valence-electron chi connectivity index (χ0n) is 11.4. The molecule has 1 aromatic rings. The van der Waals surface area contributed by atoms with Crippen molar-refractivity contribution in [2.75, 3.05) is 11.6 Å². The van der Waals surface area contributed by atoms with Gasteiger partial charge in [-0.15, -0.1) is 0 Å². The van der Waals surface area contributed by atoms with Gasteiger partial charge in [0.1, 0.15) is 0 Å². The standard InChI is InChI=1S/C13H16ClNO4S/c1-13(2,20(3,18)19)12(17)8-4-7-5-11(16)15-10(7)6-9(8)14/h4,6,12,17H,5H2,1-3H3,(H,15,16). The summed E-state index contributed by atoms with van der Waals surface area (Å²) in [6, 6.07) is 3.13. The Hall–Kier alpha value is -1.11. The summed E-state index contributed by atoms with van der Waals surface area (Å²) >= 11 is 6.10. The minimum Gasteiger partial charge on any atom is -0.387 e. The minimum atomic E-state index is -3.48. The molecule has 20 heavy (non-hydrogen) atoms. The van der Waals surface area contributed by atoms with Gasteiger partial charge in [-0.25, -0.2) is 8.42 Å². The molecule has 1 heterocycles. The van der Waals surface area contributed by atoms with Crippen molar-refractivity contribution in [3.8, 4) is 0 Å². The third-order valence-electron chi connectivity index (χ3n) is 3.76.